The average Bonchev–Trinajstić information content (AvgIpc) is 2.81. The van der Waals surface area contributed by atoms with Gasteiger partial charge in [-0.25, -0.2) is 4.99 Å². The number of hydrogen-bond acceptors (Lipinski definition) is 5. The molecular weight excluding hydrogens is 398 g/mol. The Hall–Kier alpha value is -2.81. The maximum atomic E-state index is 12.8. The number of ether oxygens (including phenoxy) is 2. The smallest absolute Gasteiger partial charge is 0.255 e. The zero-order chi connectivity index (χ0) is 22.1. The third-order valence-electron chi connectivity index (χ3n) is 5.49. The molecule has 1 aromatic rings. The van der Waals surface area contributed by atoms with Crippen LogP contribution in [0, 0.1) is 5.92 Å². The van der Waals surface area contributed by atoms with E-state index in [1.807, 2.05) is 30.0 Å². The Labute approximate surface area is 183 Å². The van der Waals surface area contributed by atoms with Crippen LogP contribution in [0.25, 0.3) is 0 Å². The van der Waals surface area contributed by atoms with Crippen LogP contribution in [0.1, 0.15) is 25.3 Å². The largest absolute Gasteiger partial charge is 0.484 e. The second-order valence-electron chi connectivity index (χ2n) is 7.77. The Balaban J connectivity index is 1.56. The first-order valence-electron chi connectivity index (χ1n) is 11.0. The standard InChI is InChI=1S/C22H33N5O4/c1-2-24-22(25-15-17-4-3-5-19(14-17)31-16-20(23)28)27-8-6-18(7-9-27)21(29)26-10-12-30-13-11-26/h3-5,14,18H,2,6-13,15-16H2,1H3,(H2,23,28)(H,24,25). The van der Waals surface area contributed by atoms with Crippen molar-refractivity contribution in [1.82, 2.24) is 15.1 Å². The summed E-state index contributed by atoms with van der Waals surface area (Å²) in [5, 5.41) is 3.36. The molecule has 0 radical (unpaired) electrons. The van der Waals surface area contributed by atoms with Crippen LogP contribution >= 0.6 is 0 Å². The molecule has 3 N–H and O–H groups in total. The maximum Gasteiger partial charge on any atom is 0.255 e. The van der Waals surface area contributed by atoms with Crippen molar-refractivity contribution in [3.8, 4) is 5.75 Å². The summed E-state index contributed by atoms with van der Waals surface area (Å²) in [6.45, 7) is 7.43. The number of amides is 2. The predicted octanol–water partition coefficient (Wildman–Crippen LogP) is 0.587. The number of piperidine rings is 1. The van der Waals surface area contributed by atoms with Gasteiger partial charge in [-0.2, -0.15) is 0 Å². The Bertz CT molecular complexity index is 771. The number of primary amides is 1. The molecule has 2 aliphatic rings. The lowest BCUT2D eigenvalue weighted by molar-refractivity contribution is -0.140. The lowest BCUT2D eigenvalue weighted by atomic mass is 9.95. The van der Waals surface area contributed by atoms with Gasteiger partial charge in [0.2, 0.25) is 5.91 Å². The first-order chi connectivity index (χ1) is 15.1. The van der Waals surface area contributed by atoms with Gasteiger partial charge >= 0.3 is 0 Å². The van der Waals surface area contributed by atoms with E-state index in [9.17, 15) is 9.59 Å². The summed E-state index contributed by atoms with van der Waals surface area (Å²) in [5.74, 6) is 1.28. The Morgan fingerprint density at radius 3 is 2.61 bits per heavy atom. The quantitative estimate of drug-likeness (QED) is 0.483. The van der Waals surface area contributed by atoms with Crippen LogP contribution in [-0.2, 0) is 20.9 Å². The highest BCUT2D eigenvalue weighted by molar-refractivity contribution is 5.82. The summed E-state index contributed by atoms with van der Waals surface area (Å²) in [4.78, 5) is 32.6. The zero-order valence-corrected chi connectivity index (χ0v) is 18.2. The zero-order valence-electron chi connectivity index (χ0n) is 18.2. The third-order valence-corrected chi connectivity index (χ3v) is 5.49. The second-order valence-corrected chi connectivity index (χ2v) is 7.77. The van der Waals surface area contributed by atoms with E-state index in [1.54, 1.807) is 6.07 Å². The number of nitrogens with one attached hydrogen (secondary N) is 1. The molecular formula is C22H33N5O4. The summed E-state index contributed by atoms with van der Waals surface area (Å²) >= 11 is 0. The van der Waals surface area contributed by atoms with E-state index in [1.165, 1.54) is 0 Å². The van der Waals surface area contributed by atoms with Crippen LogP contribution in [0.3, 0.4) is 0 Å². The van der Waals surface area contributed by atoms with Gasteiger partial charge in [-0.15, -0.1) is 0 Å². The van der Waals surface area contributed by atoms with E-state index in [4.69, 9.17) is 20.2 Å². The lowest BCUT2D eigenvalue weighted by Crippen LogP contribution is -2.50. The van der Waals surface area contributed by atoms with Crippen LogP contribution in [0.15, 0.2) is 29.3 Å². The highest BCUT2D eigenvalue weighted by Gasteiger charge is 2.30. The summed E-state index contributed by atoms with van der Waals surface area (Å²) in [6, 6.07) is 7.50. The third kappa shape index (κ3) is 6.85. The number of benzene rings is 1. The van der Waals surface area contributed by atoms with Crippen molar-refractivity contribution >= 4 is 17.8 Å². The predicted molar refractivity (Wildman–Crippen MR) is 118 cm³/mol. The van der Waals surface area contributed by atoms with Crippen molar-refractivity contribution in [3.63, 3.8) is 0 Å². The molecule has 0 unspecified atom stereocenters. The van der Waals surface area contributed by atoms with Gasteiger partial charge in [-0.05, 0) is 37.5 Å². The minimum atomic E-state index is -0.506. The highest BCUT2D eigenvalue weighted by Crippen LogP contribution is 2.21. The number of carbonyl (C=O) groups excluding carboxylic acids is 2. The molecule has 2 aliphatic heterocycles. The molecule has 3 rings (SSSR count). The van der Waals surface area contributed by atoms with Gasteiger partial charge < -0.3 is 30.3 Å². The first kappa shape index (κ1) is 22.9. The molecule has 0 spiro atoms. The van der Waals surface area contributed by atoms with Gasteiger partial charge in [-0.3, -0.25) is 9.59 Å². The number of nitrogens with two attached hydrogens (primary N) is 1. The van der Waals surface area contributed by atoms with Crippen LogP contribution in [0.2, 0.25) is 0 Å². The number of hydrogen-bond donors (Lipinski definition) is 2. The van der Waals surface area contributed by atoms with E-state index in [0.717, 1.165) is 44.0 Å². The average molecular weight is 432 g/mol. The maximum absolute atomic E-state index is 12.8. The van der Waals surface area contributed by atoms with Gasteiger partial charge in [-0.1, -0.05) is 12.1 Å². The van der Waals surface area contributed by atoms with E-state index in [-0.39, 0.29) is 18.4 Å². The number of morpholine rings is 1. The van der Waals surface area contributed by atoms with Gasteiger partial charge in [0.15, 0.2) is 12.6 Å². The van der Waals surface area contributed by atoms with E-state index < -0.39 is 5.91 Å². The van der Waals surface area contributed by atoms with E-state index in [2.05, 4.69) is 10.2 Å². The topological polar surface area (TPSA) is 109 Å². The monoisotopic (exact) mass is 431 g/mol. The molecule has 170 valence electrons. The van der Waals surface area contributed by atoms with Gasteiger partial charge in [0.25, 0.3) is 5.91 Å². The molecule has 31 heavy (non-hydrogen) atoms. The molecule has 9 heteroatoms. The van der Waals surface area contributed by atoms with Crippen LogP contribution < -0.4 is 15.8 Å². The van der Waals surface area contributed by atoms with Crippen molar-refractivity contribution < 1.29 is 19.1 Å². The van der Waals surface area contributed by atoms with Crippen molar-refractivity contribution in [2.45, 2.75) is 26.3 Å². The molecule has 0 aromatic heterocycles. The van der Waals surface area contributed by atoms with E-state index >= 15 is 0 Å². The molecule has 0 aliphatic carbocycles. The Morgan fingerprint density at radius 2 is 1.94 bits per heavy atom. The molecule has 0 bridgehead atoms. The summed E-state index contributed by atoms with van der Waals surface area (Å²) in [6.07, 6.45) is 1.66. The minimum absolute atomic E-state index is 0.0799. The van der Waals surface area contributed by atoms with Gasteiger partial charge in [0.1, 0.15) is 5.75 Å². The molecule has 0 saturated carbocycles. The Morgan fingerprint density at radius 1 is 1.19 bits per heavy atom. The fourth-order valence-electron chi connectivity index (χ4n) is 3.86. The molecule has 0 atom stereocenters. The van der Waals surface area contributed by atoms with Crippen molar-refractivity contribution in [3.05, 3.63) is 29.8 Å². The molecule has 1 aromatic carbocycles. The molecule has 9 nitrogen and oxygen atoms in total. The van der Waals surface area contributed by atoms with Crippen LogP contribution in [-0.4, -0.2) is 80.1 Å². The molecule has 2 fully saturated rings. The SMILES string of the molecule is CCNC(=NCc1cccc(OCC(N)=O)c1)N1CCC(C(=O)N2CCOCC2)CC1. The summed E-state index contributed by atoms with van der Waals surface area (Å²) in [7, 11) is 0. The first-order valence-corrected chi connectivity index (χ1v) is 11.0. The van der Waals surface area contributed by atoms with Crippen molar-refractivity contribution in [2.24, 2.45) is 16.6 Å². The second kappa shape index (κ2) is 11.5. The van der Waals surface area contributed by atoms with Gasteiger partial charge in [0.05, 0.1) is 19.8 Å². The lowest BCUT2D eigenvalue weighted by Gasteiger charge is -2.36. The number of guanidine groups is 1. The summed E-state index contributed by atoms with van der Waals surface area (Å²) < 4.78 is 10.7. The minimum Gasteiger partial charge on any atom is -0.484 e. The fraction of sp³-hybridized carbons (Fsp3) is 0.591. The number of likely N-dealkylation sites (tertiary alicyclic amines) is 1. The van der Waals surface area contributed by atoms with Crippen molar-refractivity contribution in [1.29, 1.82) is 0 Å². The van der Waals surface area contributed by atoms with Crippen LogP contribution in [0.5, 0.6) is 5.75 Å². The molecule has 2 saturated heterocycles. The molecule has 2 amide bonds. The normalized spacial score (nSPS) is 18.0. The number of carbonyl (C=O) groups is 2. The van der Waals surface area contributed by atoms with E-state index in [0.29, 0.717) is 38.6 Å². The fourth-order valence-corrected chi connectivity index (χ4v) is 3.86. The summed E-state index contributed by atoms with van der Waals surface area (Å²) in [5.41, 5.74) is 6.12. The highest BCUT2D eigenvalue weighted by atomic mass is 16.5. The number of rotatable bonds is 7. The number of aliphatic imine (C=N–C) groups is 1. The van der Waals surface area contributed by atoms with Crippen LogP contribution in [0.4, 0.5) is 0 Å². The van der Waals surface area contributed by atoms with Gasteiger partial charge in [0, 0.05) is 38.6 Å². The Kier molecular flexibility index (Phi) is 8.52. The molecule has 2 heterocycles. The van der Waals surface area contributed by atoms with Crippen molar-refractivity contribution in [2.75, 3.05) is 52.5 Å². The number of nitrogens with zero attached hydrogens (tertiary/aromatic N) is 3.